The van der Waals surface area contributed by atoms with Crippen LogP contribution >= 0.6 is 0 Å². The number of benzene rings is 1. The van der Waals surface area contributed by atoms with E-state index in [1.54, 1.807) is 0 Å². The monoisotopic (exact) mass is 704 g/mol. The summed E-state index contributed by atoms with van der Waals surface area (Å²) >= 11 is 0. The summed E-state index contributed by atoms with van der Waals surface area (Å²) in [5.41, 5.74) is 0.787. The van der Waals surface area contributed by atoms with Gasteiger partial charge in [-0.3, -0.25) is 14.4 Å². The van der Waals surface area contributed by atoms with Crippen molar-refractivity contribution in [2.24, 2.45) is 0 Å². The molecule has 0 saturated carbocycles. The van der Waals surface area contributed by atoms with Gasteiger partial charge in [0.25, 0.3) is 0 Å². The van der Waals surface area contributed by atoms with Gasteiger partial charge in [-0.15, -0.1) is 0 Å². The normalized spacial score (nSPS) is 13.6. The molecule has 2 rings (SSSR count). The molecular weight excluding hydrogens is 636 g/mol. The number of carbonyl (C=O) groups is 3. The van der Waals surface area contributed by atoms with E-state index >= 15 is 0 Å². The van der Waals surface area contributed by atoms with Crippen LogP contribution in [0.2, 0.25) is 0 Å². The van der Waals surface area contributed by atoms with Gasteiger partial charge in [0.2, 0.25) is 0 Å². The molecule has 0 aliphatic carbocycles. The van der Waals surface area contributed by atoms with Gasteiger partial charge in [-0.2, -0.15) is 0 Å². The Balaban J connectivity index is 1.76. The zero-order valence-electron chi connectivity index (χ0n) is 31.7. The van der Waals surface area contributed by atoms with E-state index in [1.165, 1.54) is 38.5 Å². The van der Waals surface area contributed by atoms with Gasteiger partial charge in [-0.05, 0) is 76.2 Å². The maximum Gasteiger partial charge on any atom is 0.306 e. The minimum Gasteiger partial charge on any atom is -0.493 e. The minimum atomic E-state index is -0.214. The van der Waals surface area contributed by atoms with E-state index in [1.807, 2.05) is 18.2 Å². The lowest BCUT2D eigenvalue weighted by atomic mass is 10.2. The maximum atomic E-state index is 12.5. The van der Waals surface area contributed by atoms with E-state index < -0.39 is 0 Å². The summed E-state index contributed by atoms with van der Waals surface area (Å²) in [6.45, 7) is 11.5. The van der Waals surface area contributed by atoms with Crippen LogP contribution in [0.3, 0.4) is 0 Å². The Kier molecular flexibility index (Phi) is 25.0. The zero-order valence-corrected chi connectivity index (χ0v) is 31.7. The number of hydrogen-bond donors (Lipinski definition) is 0. The smallest absolute Gasteiger partial charge is 0.306 e. The number of hydrogen-bond acceptors (Lipinski definition) is 10. The Labute approximate surface area is 302 Å². The van der Waals surface area contributed by atoms with Crippen molar-refractivity contribution in [3.05, 3.63) is 23.8 Å². The van der Waals surface area contributed by atoms with Gasteiger partial charge >= 0.3 is 17.9 Å². The third-order valence-electron chi connectivity index (χ3n) is 8.90. The maximum absolute atomic E-state index is 12.5. The first-order chi connectivity index (χ1) is 24.4. The largest absolute Gasteiger partial charge is 0.493 e. The summed E-state index contributed by atoms with van der Waals surface area (Å²) in [5, 5.41) is 0. The summed E-state index contributed by atoms with van der Waals surface area (Å²) in [5.74, 6) is 0.730. The number of rotatable bonds is 30. The fourth-order valence-corrected chi connectivity index (χ4v) is 5.69. The number of ether oxygens (including phenoxy) is 5. The number of piperazine rings is 1. The molecule has 0 N–H and O–H groups in total. The molecule has 0 aromatic heterocycles. The molecular formula is C40H68N2O8. The molecule has 0 bridgehead atoms. The van der Waals surface area contributed by atoms with Crippen LogP contribution in [0.25, 0.3) is 0 Å². The van der Waals surface area contributed by atoms with Crippen LogP contribution in [0.4, 0.5) is 0 Å². The fraction of sp³-hybridized carbons (Fsp3) is 0.775. The molecule has 286 valence electrons. The standard InChI is InChI=1S/C40H68N2O8/c1-4-6-8-10-14-29-48-38(43)19-12-16-27-46-36-31-35(34-50-40(45)21-18-22-42-25-23-41(3)24-26-42)32-37(33-36)47-28-17-13-20-39(44)49-30-15-11-9-7-5-2/h31-33H,4-30,34H2,1-3H3. The summed E-state index contributed by atoms with van der Waals surface area (Å²) in [6.07, 6.45) is 16.0. The number of unbranched alkanes of at least 4 members (excludes halogenated alkanes) is 10. The lowest BCUT2D eigenvalue weighted by Gasteiger charge is -2.32. The molecule has 1 aromatic carbocycles. The molecule has 1 aromatic rings. The highest BCUT2D eigenvalue weighted by Crippen LogP contribution is 2.25. The van der Waals surface area contributed by atoms with Crippen molar-refractivity contribution >= 4 is 17.9 Å². The molecule has 1 aliphatic heterocycles. The van der Waals surface area contributed by atoms with Gasteiger partial charge in [-0.1, -0.05) is 65.2 Å². The predicted octanol–water partition coefficient (Wildman–Crippen LogP) is 7.88. The van der Waals surface area contributed by atoms with Crippen LogP contribution in [0.5, 0.6) is 11.5 Å². The first-order valence-electron chi connectivity index (χ1n) is 19.7. The Hall–Kier alpha value is -2.85. The van der Waals surface area contributed by atoms with Crippen LogP contribution in [0, 0.1) is 0 Å². The van der Waals surface area contributed by atoms with Crippen molar-refractivity contribution in [1.82, 2.24) is 9.80 Å². The van der Waals surface area contributed by atoms with Crippen molar-refractivity contribution < 1.29 is 38.1 Å². The molecule has 0 unspecified atom stereocenters. The molecule has 0 radical (unpaired) electrons. The molecule has 1 saturated heterocycles. The summed E-state index contributed by atoms with van der Waals surface area (Å²) < 4.78 is 28.4. The second kappa shape index (κ2) is 28.8. The first kappa shape index (κ1) is 43.3. The van der Waals surface area contributed by atoms with E-state index in [0.29, 0.717) is 82.9 Å². The van der Waals surface area contributed by atoms with Gasteiger partial charge < -0.3 is 33.5 Å². The topological polar surface area (TPSA) is 104 Å². The van der Waals surface area contributed by atoms with Gasteiger partial charge in [0, 0.05) is 51.5 Å². The average molecular weight is 705 g/mol. The predicted molar refractivity (Wildman–Crippen MR) is 198 cm³/mol. The van der Waals surface area contributed by atoms with Gasteiger partial charge in [-0.25, -0.2) is 0 Å². The number of likely N-dealkylation sites (N-methyl/N-ethyl adjacent to an activating group) is 1. The number of carbonyl (C=O) groups excluding carboxylic acids is 3. The van der Waals surface area contributed by atoms with E-state index in [-0.39, 0.29) is 24.5 Å². The Morgan fingerprint density at radius 1 is 0.540 bits per heavy atom. The molecule has 1 fully saturated rings. The molecule has 0 spiro atoms. The first-order valence-corrected chi connectivity index (χ1v) is 19.7. The molecule has 1 heterocycles. The SMILES string of the molecule is CCCCCCCOC(=O)CCCCOc1cc(COC(=O)CCCN2CCN(C)CC2)cc(OCCCCC(=O)OCCCCCCC)c1. The van der Waals surface area contributed by atoms with Gasteiger partial charge in [0.05, 0.1) is 26.4 Å². The third kappa shape index (κ3) is 22.8. The van der Waals surface area contributed by atoms with Crippen LogP contribution in [0.15, 0.2) is 18.2 Å². The second-order valence-electron chi connectivity index (χ2n) is 13.6. The second-order valence-corrected chi connectivity index (χ2v) is 13.6. The van der Waals surface area contributed by atoms with E-state index in [4.69, 9.17) is 23.7 Å². The minimum absolute atomic E-state index is 0.134. The average Bonchev–Trinajstić information content (AvgIpc) is 3.11. The fourth-order valence-electron chi connectivity index (χ4n) is 5.69. The Morgan fingerprint density at radius 2 is 1.00 bits per heavy atom. The highest BCUT2D eigenvalue weighted by Gasteiger charge is 2.14. The lowest BCUT2D eigenvalue weighted by Crippen LogP contribution is -2.44. The van der Waals surface area contributed by atoms with Crippen molar-refractivity contribution in [1.29, 1.82) is 0 Å². The van der Waals surface area contributed by atoms with Crippen LogP contribution in [-0.4, -0.2) is 93.9 Å². The zero-order chi connectivity index (χ0) is 36.1. The third-order valence-corrected chi connectivity index (χ3v) is 8.90. The van der Waals surface area contributed by atoms with Crippen LogP contribution < -0.4 is 9.47 Å². The van der Waals surface area contributed by atoms with Gasteiger partial charge in [0.15, 0.2) is 0 Å². The van der Waals surface area contributed by atoms with Crippen LogP contribution in [-0.2, 0) is 35.2 Å². The molecule has 0 amide bonds. The van der Waals surface area contributed by atoms with Crippen molar-refractivity contribution in [3.8, 4) is 11.5 Å². The molecule has 1 aliphatic rings. The van der Waals surface area contributed by atoms with Crippen LogP contribution in [0.1, 0.15) is 135 Å². The number of esters is 3. The summed E-state index contributed by atoms with van der Waals surface area (Å²) in [7, 11) is 2.14. The highest BCUT2D eigenvalue weighted by molar-refractivity contribution is 5.70. The molecule has 10 heteroatoms. The molecule has 50 heavy (non-hydrogen) atoms. The number of nitrogens with zero attached hydrogens (tertiary/aromatic N) is 2. The Morgan fingerprint density at radius 3 is 1.52 bits per heavy atom. The highest BCUT2D eigenvalue weighted by atomic mass is 16.5. The van der Waals surface area contributed by atoms with Crippen molar-refractivity contribution in [2.75, 3.05) is 66.2 Å². The molecule has 10 nitrogen and oxygen atoms in total. The lowest BCUT2D eigenvalue weighted by molar-refractivity contribution is -0.145. The van der Waals surface area contributed by atoms with E-state index in [0.717, 1.165) is 70.4 Å². The van der Waals surface area contributed by atoms with Gasteiger partial charge in [0.1, 0.15) is 18.1 Å². The Bertz CT molecular complexity index is 988. The quantitative estimate of drug-likeness (QED) is 0.0446. The van der Waals surface area contributed by atoms with Crippen molar-refractivity contribution in [3.63, 3.8) is 0 Å². The summed E-state index contributed by atoms with van der Waals surface area (Å²) in [4.78, 5) is 41.4. The van der Waals surface area contributed by atoms with E-state index in [2.05, 4.69) is 30.7 Å². The van der Waals surface area contributed by atoms with Crippen molar-refractivity contribution in [2.45, 2.75) is 136 Å². The summed E-state index contributed by atoms with van der Waals surface area (Å²) in [6, 6.07) is 5.58. The molecule has 0 atom stereocenters. The van der Waals surface area contributed by atoms with E-state index in [9.17, 15) is 14.4 Å².